The number of hydrogen-bond donors (Lipinski definition) is 0. The molecule has 1 aromatic carbocycles. The SMILES string of the molecule is CCOC(CN1CC(C)(C)Cn2c1nc(-c1ccncn1)cc2=O)c1ccccc1OC. The fourth-order valence-corrected chi connectivity index (χ4v) is 4.24. The second-order valence-electron chi connectivity index (χ2n) is 8.69. The lowest BCUT2D eigenvalue weighted by atomic mass is 9.90. The van der Waals surface area contributed by atoms with Gasteiger partial charge in [0, 0.05) is 42.9 Å². The lowest BCUT2D eigenvalue weighted by molar-refractivity contribution is 0.0624. The highest BCUT2D eigenvalue weighted by atomic mass is 16.5. The zero-order valence-electron chi connectivity index (χ0n) is 19.0. The third-order valence-electron chi connectivity index (χ3n) is 5.56. The summed E-state index contributed by atoms with van der Waals surface area (Å²) >= 11 is 0. The van der Waals surface area contributed by atoms with Crippen LogP contribution in [0, 0.1) is 5.41 Å². The Hall–Kier alpha value is -3.26. The summed E-state index contributed by atoms with van der Waals surface area (Å²) < 4.78 is 13.5. The maximum atomic E-state index is 13.1. The van der Waals surface area contributed by atoms with Crippen LogP contribution in [-0.4, -0.2) is 46.3 Å². The van der Waals surface area contributed by atoms with Crippen LogP contribution >= 0.6 is 0 Å². The number of methoxy groups -OCH3 is 1. The quantitative estimate of drug-likeness (QED) is 0.563. The van der Waals surface area contributed by atoms with E-state index in [0.717, 1.165) is 17.9 Å². The van der Waals surface area contributed by atoms with Crippen LogP contribution in [0.4, 0.5) is 5.95 Å². The van der Waals surface area contributed by atoms with E-state index in [1.54, 1.807) is 30.0 Å². The highest BCUT2D eigenvalue weighted by Crippen LogP contribution is 2.34. The Balaban J connectivity index is 1.77. The summed E-state index contributed by atoms with van der Waals surface area (Å²) in [5.74, 6) is 1.41. The Kier molecular flexibility index (Phi) is 6.23. The minimum Gasteiger partial charge on any atom is -0.496 e. The molecule has 0 N–H and O–H groups in total. The summed E-state index contributed by atoms with van der Waals surface area (Å²) in [6.07, 6.45) is 2.87. The van der Waals surface area contributed by atoms with E-state index in [1.807, 2.05) is 31.2 Å². The number of rotatable bonds is 7. The normalized spacial score (nSPS) is 15.8. The number of anilines is 1. The van der Waals surface area contributed by atoms with E-state index in [-0.39, 0.29) is 17.1 Å². The molecule has 0 spiro atoms. The fourth-order valence-electron chi connectivity index (χ4n) is 4.24. The van der Waals surface area contributed by atoms with Crippen molar-refractivity contribution in [2.45, 2.75) is 33.4 Å². The lowest BCUT2D eigenvalue weighted by Gasteiger charge is -2.41. The third-order valence-corrected chi connectivity index (χ3v) is 5.56. The van der Waals surface area contributed by atoms with Crippen LogP contribution in [0.3, 0.4) is 0 Å². The van der Waals surface area contributed by atoms with Crippen molar-refractivity contribution in [3.63, 3.8) is 0 Å². The Morgan fingerprint density at radius 3 is 2.69 bits per heavy atom. The highest BCUT2D eigenvalue weighted by Gasteiger charge is 2.34. The average Bonchev–Trinajstić information content (AvgIpc) is 2.79. The van der Waals surface area contributed by atoms with E-state index in [0.29, 0.717) is 37.0 Å². The van der Waals surface area contributed by atoms with Gasteiger partial charge in [0.05, 0.1) is 25.0 Å². The zero-order chi connectivity index (χ0) is 22.7. The van der Waals surface area contributed by atoms with Crippen molar-refractivity contribution in [1.29, 1.82) is 0 Å². The second-order valence-corrected chi connectivity index (χ2v) is 8.69. The minimum absolute atomic E-state index is 0.0911. The van der Waals surface area contributed by atoms with Gasteiger partial charge in [0.15, 0.2) is 0 Å². The molecule has 2 aromatic heterocycles. The Labute approximate surface area is 187 Å². The number of ether oxygens (including phenoxy) is 2. The highest BCUT2D eigenvalue weighted by molar-refractivity contribution is 5.55. The summed E-state index contributed by atoms with van der Waals surface area (Å²) in [6, 6.07) is 11.2. The summed E-state index contributed by atoms with van der Waals surface area (Å²) in [5.41, 5.74) is 1.94. The maximum absolute atomic E-state index is 13.1. The van der Waals surface area contributed by atoms with Gasteiger partial charge in [0.25, 0.3) is 5.56 Å². The average molecular weight is 436 g/mol. The molecule has 0 saturated carbocycles. The van der Waals surface area contributed by atoms with Crippen LogP contribution in [0.15, 0.2) is 53.7 Å². The van der Waals surface area contributed by atoms with Gasteiger partial charge in [-0.1, -0.05) is 32.0 Å². The number of benzene rings is 1. The van der Waals surface area contributed by atoms with Crippen LogP contribution in [0.1, 0.15) is 32.4 Å². The van der Waals surface area contributed by atoms with Crippen molar-refractivity contribution in [2.24, 2.45) is 5.41 Å². The first-order valence-corrected chi connectivity index (χ1v) is 10.8. The molecule has 168 valence electrons. The minimum atomic E-state index is -0.238. The number of fused-ring (bicyclic) bond motifs is 1. The molecule has 0 amide bonds. The molecule has 0 radical (unpaired) electrons. The van der Waals surface area contributed by atoms with Gasteiger partial charge in [0.2, 0.25) is 5.95 Å². The van der Waals surface area contributed by atoms with E-state index in [1.165, 1.54) is 6.33 Å². The maximum Gasteiger partial charge on any atom is 0.255 e. The van der Waals surface area contributed by atoms with Gasteiger partial charge >= 0.3 is 0 Å². The third kappa shape index (κ3) is 4.50. The number of hydrogen-bond acceptors (Lipinski definition) is 7. The van der Waals surface area contributed by atoms with Crippen LogP contribution < -0.4 is 15.2 Å². The van der Waals surface area contributed by atoms with E-state index < -0.39 is 0 Å². The summed E-state index contributed by atoms with van der Waals surface area (Å²) in [4.78, 5) is 28.3. The molecule has 4 rings (SSSR count). The molecule has 0 aliphatic carbocycles. The smallest absolute Gasteiger partial charge is 0.255 e. The molecule has 0 saturated heterocycles. The molecule has 8 heteroatoms. The van der Waals surface area contributed by atoms with Gasteiger partial charge in [0.1, 0.15) is 18.2 Å². The molecule has 0 bridgehead atoms. The van der Waals surface area contributed by atoms with Gasteiger partial charge in [-0.2, -0.15) is 0 Å². The molecule has 32 heavy (non-hydrogen) atoms. The summed E-state index contributed by atoms with van der Waals surface area (Å²) in [6.45, 7) is 8.73. The topological polar surface area (TPSA) is 82.4 Å². The van der Waals surface area contributed by atoms with Gasteiger partial charge < -0.3 is 14.4 Å². The largest absolute Gasteiger partial charge is 0.496 e. The second kappa shape index (κ2) is 9.08. The Morgan fingerprint density at radius 1 is 1.16 bits per heavy atom. The van der Waals surface area contributed by atoms with Gasteiger partial charge in [-0.15, -0.1) is 0 Å². The first-order valence-electron chi connectivity index (χ1n) is 10.8. The number of para-hydroxylation sites is 1. The first-order chi connectivity index (χ1) is 15.4. The van der Waals surface area contributed by atoms with Crippen LogP contribution in [0.2, 0.25) is 0 Å². The van der Waals surface area contributed by atoms with Crippen molar-refractivity contribution in [2.75, 3.05) is 31.7 Å². The molecule has 3 aromatic rings. The predicted molar refractivity (Wildman–Crippen MR) is 123 cm³/mol. The number of aromatic nitrogens is 4. The van der Waals surface area contributed by atoms with Crippen LogP contribution in [0.5, 0.6) is 5.75 Å². The molecular formula is C24H29N5O3. The summed E-state index contributed by atoms with van der Waals surface area (Å²) in [7, 11) is 1.66. The molecule has 8 nitrogen and oxygen atoms in total. The number of nitrogens with zero attached hydrogens (tertiary/aromatic N) is 5. The monoisotopic (exact) mass is 435 g/mol. The molecule has 1 aliphatic rings. The van der Waals surface area contributed by atoms with Crippen LogP contribution in [-0.2, 0) is 11.3 Å². The summed E-state index contributed by atoms with van der Waals surface area (Å²) in [5, 5.41) is 0. The fraction of sp³-hybridized carbons (Fsp3) is 0.417. The van der Waals surface area contributed by atoms with Crippen molar-refractivity contribution >= 4 is 5.95 Å². The van der Waals surface area contributed by atoms with Crippen molar-refractivity contribution in [3.05, 3.63) is 64.8 Å². The predicted octanol–water partition coefficient (Wildman–Crippen LogP) is 3.33. The van der Waals surface area contributed by atoms with Gasteiger partial charge in [-0.3, -0.25) is 9.36 Å². The van der Waals surface area contributed by atoms with E-state index in [9.17, 15) is 4.79 Å². The van der Waals surface area contributed by atoms with E-state index >= 15 is 0 Å². The lowest BCUT2D eigenvalue weighted by Crippen LogP contribution is -2.49. The Morgan fingerprint density at radius 2 is 1.97 bits per heavy atom. The van der Waals surface area contributed by atoms with Crippen molar-refractivity contribution in [3.8, 4) is 17.1 Å². The van der Waals surface area contributed by atoms with E-state index in [2.05, 4.69) is 28.7 Å². The van der Waals surface area contributed by atoms with Gasteiger partial charge in [-0.25, -0.2) is 15.0 Å². The standard InChI is InChI=1S/C24H29N5O3/c1-5-32-21(17-8-6-7-9-20(17)31-4)13-28-14-24(2,3)15-29-22(30)12-19(27-23(28)29)18-10-11-25-16-26-18/h6-12,16,21H,5,13-15H2,1-4H3. The van der Waals surface area contributed by atoms with Gasteiger partial charge in [-0.05, 0) is 19.1 Å². The molecular weight excluding hydrogens is 406 g/mol. The van der Waals surface area contributed by atoms with Crippen molar-refractivity contribution in [1.82, 2.24) is 19.5 Å². The first kappa shape index (κ1) is 22.0. The molecule has 1 atom stereocenters. The van der Waals surface area contributed by atoms with Crippen molar-refractivity contribution < 1.29 is 9.47 Å². The van der Waals surface area contributed by atoms with Crippen LogP contribution in [0.25, 0.3) is 11.4 Å². The molecule has 1 aliphatic heterocycles. The zero-order valence-corrected chi connectivity index (χ0v) is 19.0. The molecule has 3 heterocycles. The Bertz CT molecular complexity index is 1130. The molecule has 0 fully saturated rings. The van der Waals surface area contributed by atoms with E-state index in [4.69, 9.17) is 14.5 Å². The molecule has 1 unspecified atom stereocenters.